The van der Waals surface area contributed by atoms with E-state index >= 15 is 0 Å². The van der Waals surface area contributed by atoms with Crippen molar-refractivity contribution in [2.24, 2.45) is 28.1 Å². The molecule has 6 fully saturated rings. The molecule has 140 valence electrons. The highest BCUT2D eigenvalue weighted by atomic mass is 32.2. The van der Waals surface area contributed by atoms with Crippen molar-refractivity contribution >= 4 is 15.6 Å². The SMILES string of the molecule is CC12CC3CC(C)(C1)CC(C(=O)C1CC4CCCC(C1)S4(=O)=O)(C3)C2. The Morgan fingerprint density at radius 1 is 0.880 bits per heavy atom. The fourth-order valence-electron chi connectivity index (χ4n) is 8.78. The van der Waals surface area contributed by atoms with Gasteiger partial charge in [-0.25, -0.2) is 8.42 Å². The second kappa shape index (κ2) is 4.91. The molecule has 0 radical (unpaired) electrons. The number of hydrogen-bond donors (Lipinski definition) is 0. The van der Waals surface area contributed by atoms with Crippen LogP contribution >= 0.6 is 0 Å². The Morgan fingerprint density at radius 2 is 1.44 bits per heavy atom. The minimum atomic E-state index is -2.96. The molecule has 25 heavy (non-hydrogen) atoms. The standard InChI is InChI=1S/C21H32O3S/c1-19-8-14-9-20(2,11-19)13-21(10-14,12-19)18(22)15-6-16-4-3-5-17(7-15)25(16,23)24/h14-17H,3-13H2,1-2H3. The minimum absolute atomic E-state index is 0.0160. The summed E-state index contributed by atoms with van der Waals surface area (Å²) in [6, 6.07) is 0. The molecule has 4 saturated carbocycles. The van der Waals surface area contributed by atoms with Crippen molar-refractivity contribution in [2.75, 3.05) is 0 Å². The summed E-state index contributed by atoms with van der Waals surface area (Å²) in [5.74, 6) is 1.21. The first-order valence-electron chi connectivity index (χ1n) is 10.4. The van der Waals surface area contributed by atoms with Crippen LogP contribution in [0.15, 0.2) is 0 Å². The summed E-state index contributed by atoms with van der Waals surface area (Å²) >= 11 is 0. The van der Waals surface area contributed by atoms with Crippen LogP contribution in [0, 0.1) is 28.1 Å². The third kappa shape index (κ3) is 2.34. The van der Waals surface area contributed by atoms with Crippen molar-refractivity contribution in [1.82, 2.24) is 0 Å². The summed E-state index contributed by atoms with van der Waals surface area (Å²) in [7, 11) is -2.96. The lowest BCUT2D eigenvalue weighted by atomic mass is 9.39. The van der Waals surface area contributed by atoms with Crippen LogP contribution < -0.4 is 0 Å². The van der Waals surface area contributed by atoms with E-state index in [1.807, 2.05) is 0 Å². The van der Waals surface area contributed by atoms with Gasteiger partial charge in [-0.15, -0.1) is 0 Å². The molecule has 2 aliphatic heterocycles. The molecule has 2 saturated heterocycles. The Bertz CT molecular complexity index is 685. The second-order valence-electron chi connectivity index (χ2n) is 11.2. The van der Waals surface area contributed by atoms with Gasteiger partial charge in [0.15, 0.2) is 9.84 Å². The molecule has 0 aromatic rings. The molecule has 0 amide bonds. The van der Waals surface area contributed by atoms with Crippen LogP contribution in [0.3, 0.4) is 0 Å². The molecule has 4 aliphatic carbocycles. The van der Waals surface area contributed by atoms with Gasteiger partial charge in [0.1, 0.15) is 5.78 Å². The molecule has 6 rings (SSSR count). The molecular weight excluding hydrogens is 332 g/mol. The maximum absolute atomic E-state index is 13.8. The smallest absolute Gasteiger partial charge is 0.156 e. The monoisotopic (exact) mass is 364 g/mol. The van der Waals surface area contributed by atoms with Crippen molar-refractivity contribution < 1.29 is 13.2 Å². The van der Waals surface area contributed by atoms with E-state index < -0.39 is 9.84 Å². The fourth-order valence-corrected chi connectivity index (χ4v) is 11.3. The zero-order valence-electron chi connectivity index (χ0n) is 15.7. The number of sulfone groups is 1. The van der Waals surface area contributed by atoms with Gasteiger partial charge in [-0.1, -0.05) is 20.3 Å². The summed E-state index contributed by atoms with van der Waals surface area (Å²) in [6.07, 6.45) is 11.0. The molecule has 0 N–H and O–H groups in total. The van der Waals surface area contributed by atoms with Crippen molar-refractivity contribution in [3.05, 3.63) is 0 Å². The molecular formula is C21H32O3S. The number of carbonyl (C=O) groups excluding carboxylic acids is 1. The van der Waals surface area contributed by atoms with Crippen LogP contribution in [0.5, 0.6) is 0 Å². The predicted octanol–water partition coefficient (Wildman–Crippen LogP) is 4.30. The number of rotatable bonds is 2. The van der Waals surface area contributed by atoms with Gasteiger partial charge < -0.3 is 0 Å². The minimum Gasteiger partial charge on any atom is -0.299 e. The Morgan fingerprint density at radius 3 is 1.96 bits per heavy atom. The zero-order chi connectivity index (χ0) is 17.7. The molecule has 3 nitrogen and oxygen atoms in total. The Balaban J connectivity index is 1.45. The van der Waals surface area contributed by atoms with E-state index in [9.17, 15) is 13.2 Å². The number of fused-ring (bicyclic) bond motifs is 2. The second-order valence-corrected chi connectivity index (χ2v) is 13.7. The van der Waals surface area contributed by atoms with Crippen LogP contribution in [-0.2, 0) is 14.6 Å². The first kappa shape index (κ1) is 16.8. The van der Waals surface area contributed by atoms with Gasteiger partial charge in [0.05, 0.1) is 10.5 Å². The summed E-state index contributed by atoms with van der Waals surface area (Å²) in [4.78, 5) is 13.8. The first-order chi connectivity index (χ1) is 11.6. The van der Waals surface area contributed by atoms with Crippen LogP contribution in [0.25, 0.3) is 0 Å². The fraction of sp³-hybridized carbons (Fsp3) is 0.952. The molecule has 4 atom stereocenters. The van der Waals surface area contributed by atoms with E-state index in [1.54, 1.807) is 0 Å². The lowest BCUT2D eigenvalue weighted by molar-refractivity contribution is -0.172. The normalized spacial score (nSPS) is 55.9. The highest BCUT2D eigenvalue weighted by Crippen LogP contribution is 2.70. The Hall–Kier alpha value is -0.380. The zero-order valence-corrected chi connectivity index (χ0v) is 16.5. The molecule has 0 spiro atoms. The van der Waals surface area contributed by atoms with E-state index in [0.29, 0.717) is 29.5 Å². The van der Waals surface area contributed by atoms with E-state index in [4.69, 9.17) is 0 Å². The van der Waals surface area contributed by atoms with Gasteiger partial charge >= 0.3 is 0 Å². The van der Waals surface area contributed by atoms with Crippen molar-refractivity contribution in [3.8, 4) is 0 Å². The maximum Gasteiger partial charge on any atom is 0.156 e. The molecule has 4 unspecified atom stereocenters. The quantitative estimate of drug-likeness (QED) is 0.734. The lowest BCUT2D eigenvalue weighted by Gasteiger charge is -2.65. The lowest BCUT2D eigenvalue weighted by Crippen LogP contribution is -2.59. The number of Topliss-reactive ketones (excluding diaryl/α,β-unsaturated/α-hetero) is 1. The highest BCUT2D eigenvalue weighted by molar-refractivity contribution is 7.92. The molecule has 6 bridgehead atoms. The van der Waals surface area contributed by atoms with Crippen LogP contribution in [0.1, 0.15) is 84.5 Å². The Kier molecular flexibility index (Phi) is 3.29. The van der Waals surface area contributed by atoms with E-state index in [-0.39, 0.29) is 21.8 Å². The maximum atomic E-state index is 13.8. The average molecular weight is 365 g/mol. The van der Waals surface area contributed by atoms with Gasteiger partial charge in [-0.2, -0.15) is 0 Å². The van der Waals surface area contributed by atoms with Crippen LogP contribution in [0.2, 0.25) is 0 Å². The van der Waals surface area contributed by atoms with Crippen molar-refractivity contribution in [1.29, 1.82) is 0 Å². The van der Waals surface area contributed by atoms with Gasteiger partial charge in [0, 0.05) is 11.3 Å². The Labute approximate surface area is 152 Å². The van der Waals surface area contributed by atoms with Crippen molar-refractivity contribution in [2.45, 2.75) is 95.0 Å². The molecule has 6 aliphatic rings. The van der Waals surface area contributed by atoms with E-state index in [0.717, 1.165) is 44.4 Å². The van der Waals surface area contributed by atoms with Crippen LogP contribution in [-0.4, -0.2) is 24.7 Å². The van der Waals surface area contributed by atoms with E-state index in [2.05, 4.69) is 13.8 Å². The highest BCUT2D eigenvalue weighted by Gasteiger charge is 2.63. The number of carbonyl (C=O) groups is 1. The summed E-state index contributed by atoms with van der Waals surface area (Å²) in [5, 5.41) is -0.455. The van der Waals surface area contributed by atoms with Crippen LogP contribution in [0.4, 0.5) is 0 Å². The number of hydrogen-bond acceptors (Lipinski definition) is 3. The molecule has 0 aromatic heterocycles. The molecule has 2 heterocycles. The topological polar surface area (TPSA) is 51.2 Å². The summed E-state index contributed by atoms with van der Waals surface area (Å²) < 4.78 is 25.2. The average Bonchev–Trinajstić information content (AvgIpc) is 2.41. The molecule has 4 heteroatoms. The van der Waals surface area contributed by atoms with Gasteiger partial charge in [0.25, 0.3) is 0 Å². The third-order valence-electron chi connectivity index (χ3n) is 8.60. The first-order valence-corrected chi connectivity index (χ1v) is 12.0. The summed E-state index contributed by atoms with van der Waals surface area (Å²) in [6.45, 7) is 4.83. The van der Waals surface area contributed by atoms with Gasteiger partial charge in [-0.05, 0) is 81.0 Å². The largest absolute Gasteiger partial charge is 0.299 e. The third-order valence-corrected chi connectivity index (χ3v) is 11.3. The predicted molar refractivity (Wildman–Crippen MR) is 97.9 cm³/mol. The summed E-state index contributed by atoms with van der Waals surface area (Å²) in [5.41, 5.74) is 0.573. The molecule has 0 aromatic carbocycles. The van der Waals surface area contributed by atoms with Gasteiger partial charge in [-0.3, -0.25) is 4.79 Å². The van der Waals surface area contributed by atoms with Gasteiger partial charge in [0.2, 0.25) is 0 Å². The van der Waals surface area contributed by atoms with E-state index in [1.165, 1.54) is 19.3 Å². The van der Waals surface area contributed by atoms with Crippen molar-refractivity contribution in [3.63, 3.8) is 0 Å². The number of ketones is 1.